The Morgan fingerprint density at radius 2 is 2.24 bits per heavy atom. The molecular weight excluding hydrogens is 222 g/mol. The van der Waals surface area contributed by atoms with Gasteiger partial charge in [-0.05, 0) is 6.07 Å². The second kappa shape index (κ2) is 4.12. The highest BCUT2D eigenvalue weighted by molar-refractivity contribution is 6.02. The zero-order valence-corrected chi connectivity index (χ0v) is 9.07. The number of rotatable bonds is 3. The minimum absolute atomic E-state index is 0.104. The Morgan fingerprint density at radius 3 is 2.76 bits per heavy atom. The molecule has 0 atom stereocenters. The smallest absolute Gasteiger partial charge is 0.291 e. The molecule has 0 aliphatic heterocycles. The molecule has 1 amide bonds. The molecule has 5 N–H and O–H groups in total. The fourth-order valence-electron chi connectivity index (χ4n) is 1.31. The number of aromatic nitrogens is 3. The van der Waals surface area contributed by atoms with Crippen LogP contribution in [-0.4, -0.2) is 26.6 Å². The van der Waals surface area contributed by atoms with Crippen LogP contribution in [0.15, 0.2) is 18.5 Å². The third-order valence-electron chi connectivity index (χ3n) is 2.13. The van der Waals surface area contributed by atoms with E-state index in [1.807, 2.05) is 0 Å². The van der Waals surface area contributed by atoms with Gasteiger partial charge in [-0.25, -0.2) is 4.98 Å². The van der Waals surface area contributed by atoms with E-state index in [0.29, 0.717) is 17.2 Å². The van der Waals surface area contributed by atoms with Crippen molar-refractivity contribution in [3.8, 4) is 0 Å². The molecule has 0 aromatic carbocycles. The minimum Gasteiger partial charge on any atom is -0.384 e. The molecular formula is C10H11N5O2. The lowest BCUT2D eigenvalue weighted by Crippen LogP contribution is -2.13. The van der Waals surface area contributed by atoms with Gasteiger partial charge in [-0.3, -0.25) is 9.59 Å². The predicted octanol–water partition coefficient (Wildman–Crippen LogP) is 0.775. The first-order valence-corrected chi connectivity index (χ1v) is 4.87. The summed E-state index contributed by atoms with van der Waals surface area (Å²) in [6.45, 7) is 1.44. The molecule has 0 aliphatic rings. The zero-order chi connectivity index (χ0) is 12.4. The van der Waals surface area contributed by atoms with Crippen molar-refractivity contribution in [3.63, 3.8) is 0 Å². The minimum atomic E-state index is -0.421. The number of nitrogen functional groups attached to an aromatic ring is 1. The van der Waals surface area contributed by atoms with Crippen LogP contribution in [0.5, 0.6) is 0 Å². The number of nitrogens with two attached hydrogens (primary N) is 1. The van der Waals surface area contributed by atoms with Gasteiger partial charge >= 0.3 is 0 Å². The number of amides is 1. The van der Waals surface area contributed by atoms with Gasteiger partial charge < -0.3 is 21.0 Å². The number of carbonyl (C=O) groups excluding carboxylic acids is 2. The van der Waals surface area contributed by atoms with Crippen molar-refractivity contribution < 1.29 is 9.59 Å². The van der Waals surface area contributed by atoms with Crippen molar-refractivity contribution in [2.24, 2.45) is 0 Å². The molecule has 0 bridgehead atoms. The molecule has 0 radical (unpaired) electrons. The molecule has 17 heavy (non-hydrogen) atoms. The Kier molecular flexibility index (Phi) is 2.65. The van der Waals surface area contributed by atoms with E-state index in [1.54, 1.807) is 6.07 Å². The Balaban J connectivity index is 2.10. The largest absolute Gasteiger partial charge is 0.384 e. The van der Waals surface area contributed by atoms with Crippen LogP contribution in [-0.2, 0) is 0 Å². The summed E-state index contributed by atoms with van der Waals surface area (Å²) in [5.74, 6) is -0.0923. The fourth-order valence-corrected chi connectivity index (χ4v) is 1.31. The van der Waals surface area contributed by atoms with E-state index in [9.17, 15) is 9.59 Å². The molecule has 2 aromatic heterocycles. The lowest BCUT2D eigenvalue weighted by molar-refractivity contribution is 0.100. The molecule has 88 valence electrons. The summed E-state index contributed by atoms with van der Waals surface area (Å²) in [6.07, 6.45) is 2.88. The Morgan fingerprint density at radius 1 is 1.47 bits per heavy atom. The molecule has 2 heterocycles. The molecule has 0 fully saturated rings. The Bertz CT molecular complexity index is 569. The van der Waals surface area contributed by atoms with Crippen LogP contribution in [0.4, 0.5) is 11.5 Å². The number of anilines is 2. The number of imidazole rings is 1. The summed E-state index contributed by atoms with van der Waals surface area (Å²) in [7, 11) is 0. The predicted molar refractivity (Wildman–Crippen MR) is 61.8 cm³/mol. The van der Waals surface area contributed by atoms with E-state index < -0.39 is 5.91 Å². The van der Waals surface area contributed by atoms with Gasteiger partial charge in [0, 0.05) is 13.1 Å². The molecule has 7 nitrogen and oxygen atoms in total. The molecule has 2 rings (SSSR count). The average molecular weight is 233 g/mol. The lowest BCUT2D eigenvalue weighted by Gasteiger charge is -1.98. The van der Waals surface area contributed by atoms with Crippen LogP contribution >= 0.6 is 0 Å². The SMILES string of the molecule is CC(=O)c1cc(NC(=O)c2ncc(N)[nH]2)c[nH]1. The maximum absolute atomic E-state index is 11.6. The first kappa shape index (κ1) is 10.9. The van der Waals surface area contributed by atoms with Gasteiger partial charge in [0.1, 0.15) is 5.82 Å². The first-order chi connectivity index (χ1) is 8.06. The molecule has 0 unspecified atom stereocenters. The van der Waals surface area contributed by atoms with Crippen molar-refractivity contribution in [1.82, 2.24) is 15.0 Å². The van der Waals surface area contributed by atoms with E-state index >= 15 is 0 Å². The number of ketones is 1. The van der Waals surface area contributed by atoms with E-state index in [-0.39, 0.29) is 11.6 Å². The lowest BCUT2D eigenvalue weighted by atomic mass is 10.3. The van der Waals surface area contributed by atoms with E-state index in [2.05, 4.69) is 20.3 Å². The number of hydrogen-bond acceptors (Lipinski definition) is 4. The molecule has 0 saturated heterocycles. The third-order valence-corrected chi connectivity index (χ3v) is 2.13. The van der Waals surface area contributed by atoms with E-state index in [1.165, 1.54) is 19.3 Å². The van der Waals surface area contributed by atoms with Crippen molar-refractivity contribution in [2.75, 3.05) is 11.1 Å². The number of nitrogens with zero attached hydrogens (tertiary/aromatic N) is 1. The number of Topliss-reactive ketones (excluding diaryl/α,β-unsaturated/α-hetero) is 1. The molecule has 2 aromatic rings. The number of H-pyrrole nitrogens is 2. The highest BCUT2D eigenvalue weighted by Gasteiger charge is 2.11. The third kappa shape index (κ3) is 2.33. The van der Waals surface area contributed by atoms with Gasteiger partial charge in [-0.2, -0.15) is 0 Å². The van der Waals surface area contributed by atoms with Crippen molar-refractivity contribution in [2.45, 2.75) is 6.92 Å². The summed E-state index contributed by atoms with van der Waals surface area (Å²) < 4.78 is 0. The summed E-state index contributed by atoms with van der Waals surface area (Å²) in [4.78, 5) is 31.8. The number of carbonyl (C=O) groups is 2. The Hall–Kier alpha value is -2.57. The normalized spacial score (nSPS) is 10.2. The van der Waals surface area contributed by atoms with Crippen molar-refractivity contribution >= 4 is 23.2 Å². The van der Waals surface area contributed by atoms with Gasteiger partial charge in [-0.15, -0.1) is 0 Å². The summed E-state index contributed by atoms with van der Waals surface area (Å²) in [5.41, 5.74) is 6.33. The summed E-state index contributed by atoms with van der Waals surface area (Å²) in [6, 6.07) is 1.55. The van der Waals surface area contributed by atoms with Crippen molar-refractivity contribution in [1.29, 1.82) is 0 Å². The standard InChI is InChI=1S/C10H11N5O2/c1-5(16)7-2-6(3-12-7)14-10(17)9-13-4-8(11)15-9/h2-4,12H,11H2,1H3,(H,13,15)(H,14,17). The number of aromatic amines is 2. The quantitative estimate of drug-likeness (QED) is 0.586. The van der Waals surface area contributed by atoms with Crippen LogP contribution in [0.25, 0.3) is 0 Å². The van der Waals surface area contributed by atoms with Crippen LogP contribution in [0, 0.1) is 0 Å². The van der Waals surface area contributed by atoms with E-state index in [4.69, 9.17) is 5.73 Å². The average Bonchev–Trinajstić information content (AvgIpc) is 2.86. The maximum Gasteiger partial charge on any atom is 0.291 e. The maximum atomic E-state index is 11.6. The van der Waals surface area contributed by atoms with Gasteiger partial charge in [0.05, 0.1) is 17.6 Å². The van der Waals surface area contributed by atoms with Crippen LogP contribution in [0.2, 0.25) is 0 Å². The molecule has 0 aliphatic carbocycles. The Labute approximate surface area is 96.4 Å². The van der Waals surface area contributed by atoms with Gasteiger partial charge in [0.2, 0.25) is 0 Å². The van der Waals surface area contributed by atoms with Gasteiger partial charge in [0.25, 0.3) is 5.91 Å². The summed E-state index contributed by atoms with van der Waals surface area (Å²) >= 11 is 0. The molecule has 7 heteroatoms. The van der Waals surface area contributed by atoms with Gasteiger partial charge in [0.15, 0.2) is 11.6 Å². The van der Waals surface area contributed by atoms with Crippen molar-refractivity contribution in [3.05, 3.63) is 30.0 Å². The second-order valence-corrected chi connectivity index (χ2v) is 3.50. The van der Waals surface area contributed by atoms with Crippen LogP contribution in [0.1, 0.15) is 28.0 Å². The van der Waals surface area contributed by atoms with E-state index in [0.717, 1.165) is 0 Å². The van der Waals surface area contributed by atoms with Gasteiger partial charge in [-0.1, -0.05) is 0 Å². The monoisotopic (exact) mass is 233 g/mol. The van der Waals surface area contributed by atoms with Crippen LogP contribution in [0.3, 0.4) is 0 Å². The summed E-state index contributed by atoms with van der Waals surface area (Å²) in [5, 5.41) is 2.58. The number of hydrogen-bond donors (Lipinski definition) is 4. The molecule has 0 spiro atoms. The highest BCUT2D eigenvalue weighted by Crippen LogP contribution is 2.11. The fraction of sp³-hybridized carbons (Fsp3) is 0.100. The first-order valence-electron chi connectivity index (χ1n) is 4.87. The number of nitrogens with one attached hydrogen (secondary N) is 3. The topological polar surface area (TPSA) is 117 Å². The second-order valence-electron chi connectivity index (χ2n) is 3.50. The molecule has 0 saturated carbocycles. The van der Waals surface area contributed by atoms with Crippen LogP contribution < -0.4 is 11.1 Å². The highest BCUT2D eigenvalue weighted by atomic mass is 16.2. The zero-order valence-electron chi connectivity index (χ0n) is 9.07.